The summed E-state index contributed by atoms with van der Waals surface area (Å²) < 4.78 is 1.90. The largest absolute Gasteiger partial charge is 0.351 e. The first-order valence-corrected chi connectivity index (χ1v) is 9.96. The fourth-order valence-corrected chi connectivity index (χ4v) is 4.05. The van der Waals surface area contributed by atoms with Crippen LogP contribution in [0.4, 0.5) is 5.95 Å². The zero-order valence-corrected chi connectivity index (χ0v) is 15.5. The summed E-state index contributed by atoms with van der Waals surface area (Å²) in [5.74, 6) is 0.668. The summed E-state index contributed by atoms with van der Waals surface area (Å²) in [6.07, 6.45) is 12.7. The van der Waals surface area contributed by atoms with Crippen LogP contribution in [0, 0.1) is 0 Å². The van der Waals surface area contributed by atoms with E-state index in [4.69, 9.17) is 4.98 Å². The van der Waals surface area contributed by atoms with Crippen molar-refractivity contribution in [3.63, 3.8) is 0 Å². The molecule has 2 aromatic rings. The van der Waals surface area contributed by atoms with Crippen LogP contribution in [0.15, 0.2) is 23.1 Å². The maximum Gasteiger partial charge on any atom is 0.252 e. The molecule has 2 fully saturated rings. The first kappa shape index (κ1) is 17.9. The number of nitrogens with one attached hydrogen (secondary N) is 1. The van der Waals surface area contributed by atoms with Crippen molar-refractivity contribution in [3.8, 4) is 0 Å². The smallest absolute Gasteiger partial charge is 0.252 e. The van der Waals surface area contributed by atoms with E-state index in [0.29, 0.717) is 18.0 Å². The van der Waals surface area contributed by atoms with E-state index >= 15 is 0 Å². The molecule has 25 heavy (non-hydrogen) atoms. The number of fused-ring (bicyclic) bond motifs is 1. The van der Waals surface area contributed by atoms with E-state index in [-0.39, 0.29) is 5.56 Å². The summed E-state index contributed by atoms with van der Waals surface area (Å²) in [5, 5.41) is 4.42. The van der Waals surface area contributed by atoms with E-state index in [9.17, 15) is 4.79 Å². The molecule has 0 aliphatic heterocycles. The predicted molar refractivity (Wildman–Crippen MR) is 103 cm³/mol. The molecule has 2 aromatic heterocycles. The highest BCUT2D eigenvalue weighted by Gasteiger charge is 2.21. The first-order chi connectivity index (χ1) is 12.3. The molecular formula is C20H30N4O. The van der Waals surface area contributed by atoms with Gasteiger partial charge in [-0.15, -0.1) is 0 Å². The molecule has 0 atom stereocenters. The van der Waals surface area contributed by atoms with Gasteiger partial charge in [-0.25, -0.2) is 4.98 Å². The van der Waals surface area contributed by atoms with Crippen molar-refractivity contribution >= 4 is 17.0 Å². The van der Waals surface area contributed by atoms with Gasteiger partial charge in [0.05, 0.1) is 0 Å². The molecule has 0 unspecified atom stereocenters. The first-order valence-electron chi connectivity index (χ1n) is 9.96. The lowest BCUT2D eigenvalue weighted by Gasteiger charge is -2.23. The second kappa shape index (κ2) is 8.45. The number of aromatic nitrogens is 3. The maximum absolute atomic E-state index is 12.4. The lowest BCUT2D eigenvalue weighted by molar-refractivity contribution is 0.460. The van der Waals surface area contributed by atoms with Crippen molar-refractivity contribution in [1.82, 2.24) is 14.5 Å². The van der Waals surface area contributed by atoms with Gasteiger partial charge in [-0.1, -0.05) is 46.0 Å². The highest BCUT2D eigenvalue weighted by atomic mass is 16.1. The van der Waals surface area contributed by atoms with Crippen LogP contribution in [0.1, 0.15) is 77.7 Å². The highest BCUT2D eigenvalue weighted by Crippen LogP contribution is 2.30. The zero-order chi connectivity index (χ0) is 17.6. The molecule has 0 saturated heterocycles. The fourth-order valence-electron chi connectivity index (χ4n) is 4.05. The number of rotatable bonds is 3. The van der Waals surface area contributed by atoms with E-state index in [1.807, 2.05) is 30.7 Å². The Morgan fingerprint density at radius 2 is 1.68 bits per heavy atom. The van der Waals surface area contributed by atoms with Gasteiger partial charge in [-0.05, 0) is 31.7 Å². The molecular weight excluding hydrogens is 312 g/mol. The Morgan fingerprint density at radius 1 is 1.00 bits per heavy atom. The van der Waals surface area contributed by atoms with Gasteiger partial charge < -0.3 is 5.32 Å². The molecule has 136 valence electrons. The second-order valence-electron chi connectivity index (χ2n) is 6.93. The van der Waals surface area contributed by atoms with E-state index in [0.717, 1.165) is 23.9 Å². The third kappa shape index (κ3) is 4.02. The molecule has 5 nitrogen and oxygen atoms in total. The van der Waals surface area contributed by atoms with Crippen LogP contribution in [-0.4, -0.2) is 20.6 Å². The Labute approximate surface area is 149 Å². The lowest BCUT2D eigenvalue weighted by Crippen LogP contribution is -2.26. The third-order valence-corrected chi connectivity index (χ3v) is 5.30. The second-order valence-corrected chi connectivity index (χ2v) is 6.93. The summed E-state index contributed by atoms with van der Waals surface area (Å²) in [6, 6.07) is 4.26. The molecule has 0 aromatic carbocycles. The van der Waals surface area contributed by atoms with Crippen LogP contribution in [-0.2, 0) is 0 Å². The van der Waals surface area contributed by atoms with E-state index < -0.39 is 0 Å². The maximum atomic E-state index is 12.4. The molecule has 2 aliphatic rings. The Hall–Kier alpha value is -1.91. The molecule has 0 radical (unpaired) electrons. The lowest BCUT2D eigenvalue weighted by atomic mass is 9.96. The van der Waals surface area contributed by atoms with Crippen molar-refractivity contribution in [2.75, 3.05) is 5.32 Å². The van der Waals surface area contributed by atoms with Gasteiger partial charge in [0.15, 0.2) is 0 Å². The summed E-state index contributed by atoms with van der Waals surface area (Å²) in [7, 11) is 0. The third-order valence-electron chi connectivity index (χ3n) is 5.30. The van der Waals surface area contributed by atoms with E-state index in [2.05, 4.69) is 10.3 Å². The Morgan fingerprint density at radius 3 is 2.40 bits per heavy atom. The fraction of sp³-hybridized carbons (Fsp3) is 0.650. The van der Waals surface area contributed by atoms with Crippen LogP contribution >= 0.6 is 0 Å². The van der Waals surface area contributed by atoms with Crippen molar-refractivity contribution in [2.45, 2.75) is 83.7 Å². The molecule has 1 N–H and O–H groups in total. The monoisotopic (exact) mass is 342 g/mol. The predicted octanol–water partition coefficient (Wildman–Crippen LogP) is 4.68. The van der Waals surface area contributed by atoms with Gasteiger partial charge in [-0.2, -0.15) is 4.98 Å². The molecule has 5 heteroatoms. The SMILES string of the molecule is CC.O=c1ccc2cnc(NC3CCCCC3)nc2n1C1CCCC1. The molecule has 2 heterocycles. The van der Waals surface area contributed by atoms with Gasteiger partial charge in [0, 0.05) is 29.7 Å². The number of hydrogen-bond acceptors (Lipinski definition) is 4. The quantitative estimate of drug-likeness (QED) is 0.880. The average Bonchev–Trinajstić information content (AvgIpc) is 3.18. The molecule has 4 rings (SSSR count). The van der Waals surface area contributed by atoms with Gasteiger partial charge in [0.25, 0.3) is 5.56 Å². The van der Waals surface area contributed by atoms with Crippen LogP contribution in [0.3, 0.4) is 0 Å². The molecule has 0 bridgehead atoms. The summed E-state index contributed by atoms with van der Waals surface area (Å²) >= 11 is 0. The zero-order valence-electron chi connectivity index (χ0n) is 15.5. The average molecular weight is 342 g/mol. The Balaban J connectivity index is 0.000000880. The number of anilines is 1. The van der Waals surface area contributed by atoms with Crippen LogP contribution in [0.25, 0.3) is 11.0 Å². The Kier molecular flexibility index (Phi) is 6.05. The van der Waals surface area contributed by atoms with Crippen molar-refractivity contribution < 1.29 is 0 Å². The normalized spacial score (nSPS) is 18.8. The summed E-state index contributed by atoms with van der Waals surface area (Å²) in [6.45, 7) is 4.00. The highest BCUT2D eigenvalue weighted by molar-refractivity contribution is 5.75. The van der Waals surface area contributed by atoms with Gasteiger partial charge in [-0.3, -0.25) is 9.36 Å². The van der Waals surface area contributed by atoms with Gasteiger partial charge >= 0.3 is 0 Å². The van der Waals surface area contributed by atoms with Crippen molar-refractivity contribution in [1.29, 1.82) is 0 Å². The number of nitrogens with zero attached hydrogens (tertiary/aromatic N) is 3. The van der Waals surface area contributed by atoms with E-state index in [1.54, 1.807) is 6.07 Å². The topological polar surface area (TPSA) is 59.8 Å². The van der Waals surface area contributed by atoms with Crippen molar-refractivity contribution in [3.05, 3.63) is 28.7 Å². The molecule has 2 aliphatic carbocycles. The van der Waals surface area contributed by atoms with Crippen LogP contribution in [0.2, 0.25) is 0 Å². The minimum atomic E-state index is 0.0618. The molecule has 2 saturated carbocycles. The minimum absolute atomic E-state index is 0.0618. The number of hydrogen-bond donors (Lipinski definition) is 1. The van der Waals surface area contributed by atoms with E-state index in [1.165, 1.54) is 44.9 Å². The van der Waals surface area contributed by atoms with Crippen LogP contribution in [0.5, 0.6) is 0 Å². The summed E-state index contributed by atoms with van der Waals surface area (Å²) in [5.41, 5.74) is 0.851. The Bertz CT molecular complexity index is 743. The van der Waals surface area contributed by atoms with Crippen LogP contribution < -0.4 is 10.9 Å². The van der Waals surface area contributed by atoms with Crippen molar-refractivity contribution in [2.24, 2.45) is 0 Å². The number of pyridine rings is 1. The van der Waals surface area contributed by atoms with Gasteiger partial charge in [0.1, 0.15) is 5.65 Å². The standard InChI is InChI=1S/C18H24N4O.C2H6/c23-16-11-10-13-12-19-18(20-14-6-2-1-3-7-14)21-17(13)22(16)15-8-4-5-9-15;1-2/h10-12,14-15H,1-9H2,(H,19,20,21);1-2H3. The minimum Gasteiger partial charge on any atom is -0.351 e. The molecule has 0 spiro atoms. The summed E-state index contributed by atoms with van der Waals surface area (Å²) in [4.78, 5) is 21.6. The molecule has 0 amide bonds. The van der Waals surface area contributed by atoms with Gasteiger partial charge in [0.2, 0.25) is 5.95 Å².